The van der Waals surface area contributed by atoms with Gasteiger partial charge in [0.15, 0.2) is 0 Å². The molecule has 1 fully saturated rings. The number of rotatable bonds is 7. The molecule has 4 heteroatoms. The van der Waals surface area contributed by atoms with Crippen molar-refractivity contribution in [1.29, 1.82) is 0 Å². The van der Waals surface area contributed by atoms with Crippen molar-refractivity contribution in [3.05, 3.63) is 65.2 Å². The van der Waals surface area contributed by atoms with Crippen LogP contribution in [0.5, 0.6) is 5.75 Å². The molecule has 4 nitrogen and oxygen atoms in total. The summed E-state index contributed by atoms with van der Waals surface area (Å²) in [6.45, 7) is 7.81. The molecule has 0 radical (unpaired) electrons. The average Bonchev–Trinajstić information content (AvgIpc) is 2.67. The van der Waals surface area contributed by atoms with Crippen LogP contribution in [-0.4, -0.2) is 38.3 Å². The van der Waals surface area contributed by atoms with Crippen molar-refractivity contribution in [3.63, 3.8) is 0 Å². The summed E-state index contributed by atoms with van der Waals surface area (Å²) < 4.78 is 10.6. The normalized spacial score (nSPS) is 16.6. The van der Waals surface area contributed by atoms with Gasteiger partial charge in [0.25, 0.3) is 0 Å². The first-order valence-electron chi connectivity index (χ1n) is 9.00. The standard InChI is InChI=1S/C21H28N2O2/c1-17(20-6-8-21(24-2)9-7-20)22-15-18-4-3-5-19(14-18)16-23-10-12-25-13-11-23/h3-9,14,17,22H,10-13,15-16H2,1-2H3. The molecular weight excluding hydrogens is 312 g/mol. The van der Waals surface area contributed by atoms with E-state index in [4.69, 9.17) is 9.47 Å². The van der Waals surface area contributed by atoms with Crippen LogP contribution < -0.4 is 10.1 Å². The van der Waals surface area contributed by atoms with Gasteiger partial charge in [0.2, 0.25) is 0 Å². The fourth-order valence-corrected chi connectivity index (χ4v) is 3.14. The highest BCUT2D eigenvalue weighted by molar-refractivity contribution is 5.29. The minimum atomic E-state index is 0.300. The Labute approximate surface area is 150 Å². The smallest absolute Gasteiger partial charge is 0.118 e. The molecule has 0 aromatic heterocycles. The Morgan fingerprint density at radius 1 is 1.08 bits per heavy atom. The van der Waals surface area contributed by atoms with Gasteiger partial charge in [-0.1, -0.05) is 36.4 Å². The Balaban J connectivity index is 1.54. The highest BCUT2D eigenvalue weighted by Gasteiger charge is 2.11. The van der Waals surface area contributed by atoms with E-state index in [0.29, 0.717) is 6.04 Å². The van der Waals surface area contributed by atoms with Crippen LogP contribution in [0.2, 0.25) is 0 Å². The van der Waals surface area contributed by atoms with Crippen LogP contribution in [0.25, 0.3) is 0 Å². The maximum absolute atomic E-state index is 5.42. The van der Waals surface area contributed by atoms with Crippen molar-refractivity contribution in [3.8, 4) is 5.75 Å². The lowest BCUT2D eigenvalue weighted by Crippen LogP contribution is -2.35. The second kappa shape index (κ2) is 8.99. The summed E-state index contributed by atoms with van der Waals surface area (Å²) in [5.74, 6) is 0.895. The van der Waals surface area contributed by atoms with E-state index in [-0.39, 0.29) is 0 Å². The summed E-state index contributed by atoms with van der Waals surface area (Å²) in [6.07, 6.45) is 0. The molecule has 1 saturated heterocycles. The van der Waals surface area contributed by atoms with Gasteiger partial charge in [0.1, 0.15) is 5.75 Å². The number of hydrogen-bond donors (Lipinski definition) is 1. The molecule has 0 aliphatic carbocycles. The summed E-state index contributed by atoms with van der Waals surface area (Å²) >= 11 is 0. The van der Waals surface area contributed by atoms with Crippen molar-refractivity contribution in [2.24, 2.45) is 0 Å². The van der Waals surface area contributed by atoms with Crippen LogP contribution in [-0.2, 0) is 17.8 Å². The maximum atomic E-state index is 5.42. The number of hydrogen-bond acceptors (Lipinski definition) is 4. The largest absolute Gasteiger partial charge is 0.497 e. The Morgan fingerprint density at radius 3 is 2.52 bits per heavy atom. The van der Waals surface area contributed by atoms with Crippen LogP contribution in [0.3, 0.4) is 0 Å². The number of nitrogens with zero attached hydrogens (tertiary/aromatic N) is 1. The summed E-state index contributed by atoms with van der Waals surface area (Å²) in [4.78, 5) is 2.45. The first kappa shape index (κ1) is 17.9. The third-order valence-corrected chi connectivity index (χ3v) is 4.73. The van der Waals surface area contributed by atoms with Crippen LogP contribution in [0.15, 0.2) is 48.5 Å². The molecule has 1 unspecified atom stereocenters. The molecule has 1 aliphatic rings. The zero-order chi connectivity index (χ0) is 17.5. The molecule has 134 valence electrons. The minimum absolute atomic E-state index is 0.300. The minimum Gasteiger partial charge on any atom is -0.497 e. The molecular formula is C21H28N2O2. The molecule has 0 bridgehead atoms. The van der Waals surface area contributed by atoms with Gasteiger partial charge in [-0.15, -0.1) is 0 Å². The molecule has 1 N–H and O–H groups in total. The molecule has 2 aromatic carbocycles. The lowest BCUT2D eigenvalue weighted by molar-refractivity contribution is 0.0342. The van der Waals surface area contributed by atoms with Crippen molar-refractivity contribution in [2.45, 2.75) is 26.1 Å². The van der Waals surface area contributed by atoms with Gasteiger partial charge in [0.05, 0.1) is 20.3 Å². The van der Waals surface area contributed by atoms with Crippen molar-refractivity contribution in [1.82, 2.24) is 10.2 Å². The highest BCUT2D eigenvalue weighted by atomic mass is 16.5. The van der Waals surface area contributed by atoms with E-state index < -0.39 is 0 Å². The number of benzene rings is 2. The number of nitrogens with one attached hydrogen (secondary N) is 1. The van der Waals surface area contributed by atoms with Gasteiger partial charge < -0.3 is 14.8 Å². The first-order valence-corrected chi connectivity index (χ1v) is 9.00. The molecule has 0 saturated carbocycles. The maximum Gasteiger partial charge on any atom is 0.118 e. The predicted molar refractivity (Wildman–Crippen MR) is 101 cm³/mol. The zero-order valence-electron chi connectivity index (χ0n) is 15.2. The van der Waals surface area contributed by atoms with Crippen LogP contribution >= 0.6 is 0 Å². The summed E-state index contributed by atoms with van der Waals surface area (Å²) in [5, 5.41) is 3.61. The highest BCUT2D eigenvalue weighted by Crippen LogP contribution is 2.18. The molecule has 1 heterocycles. The number of methoxy groups -OCH3 is 1. The van der Waals surface area contributed by atoms with Gasteiger partial charge >= 0.3 is 0 Å². The molecule has 0 amide bonds. The monoisotopic (exact) mass is 340 g/mol. The summed E-state index contributed by atoms with van der Waals surface area (Å²) in [5.41, 5.74) is 3.97. The second-order valence-electron chi connectivity index (χ2n) is 6.58. The molecule has 1 aliphatic heterocycles. The third kappa shape index (κ3) is 5.30. The summed E-state index contributed by atoms with van der Waals surface area (Å²) in [7, 11) is 1.70. The van der Waals surface area contributed by atoms with E-state index in [9.17, 15) is 0 Å². The first-order chi connectivity index (χ1) is 12.2. The SMILES string of the molecule is COc1ccc(C(C)NCc2cccc(CN3CCOCC3)c2)cc1. The lowest BCUT2D eigenvalue weighted by Gasteiger charge is -2.26. The Bertz CT molecular complexity index is 651. The predicted octanol–water partition coefficient (Wildman–Crippen LogP) is 3.38. The van der Waals surface area contributed by atoms with Crippen LogP contribution in [0.4, 0.5) is 0 Å². The van der Waals surface area contributed by atoms with E-state index >= 15 is 0 Å². The molecule has 1 atom stereocenters. The zero-order valence-corrected chi connectivity index (χ0v) is 15.2. The molecule has 3 rings (SSSR count). The van der Waals surface area contributed by atoms with Crippen molar-refractivity contribution < 1.29 is 9.47 Å². The topological polar surface area (TPSA) is 33.7 Å². The van der Waals surface area contributed by atoms with E-state index in [2.05, 4.69) is 53.5 Å². The average molecular weight is 340 g/mol. The van der Waals surface area contributed by atoms with Gasteiger partial charge in [-0.25, -0.2) is 0 Å². The van der Waals surface area contributed by atoms with Gasteiger partial charge in [0, 0.05) is 32.2 Å². The second-order valence-corrected chi connectivity index (χ2v) is 6.58. The number of ether oxygens (including phenoxy) is 2. The Morgan fingerprint density at radius 2 is 1.80 bits per heavy atom. The quantitative estimate of drug-likeness (QED) is 0.838. The fraction of sp³-hybridized carbons (Fsp3) is 0.429. The Kier molecular flexibility index (Phi) is 6.45. The molecule has 25 heavy (non-hydrogen) atoms. The Hall–Kier alpha value is -1.88. The molecule has 2 aromatic rings. The fourth-order valence-electron chi connectivity index (χ4n) is 3.14. The van der Waals surface area contributed by atoms with Crippen molar-refractivity contribution >= 4 is 0 Å². The van der Waals surface area contributed by atoms with Gasteiger partial charge in [-0.05, 0) is 35.7 Å². The van der Waals surface area contributed by atoms with Crippen LogP contribution in [0, 0.1) is 0 Å². The van der Waals surface area contributed by atoms with Gasteiger partial charge in [-0.2, -0.15) is 0 Å². The van der Waals surface area contributed by atoms with Gasteiger partial charge in [-0.3, -0.25) is 4.90 Å². The molecule has 0 spiro atoms. The third-order valence-electron chi connectivity index (χ3n) is 4.73. The van der Waals surface area contributed by atoms with E-state index in [1.165, 1.54) is 16.7 Å². The lowest BCUT2D eigenvalue weighted by atomic mass is 10.1. The van der Waals surface area contributed by atoms with E-state index in [0.717, 1.165) is 45.1 Å². The number of morpholine rings is 1. The summed E-state index contributed by atoms with van der Waals surface area (Å²) in [6, 6.07) is 17.4. The van der Waals surface area contributed by atoms with E-state index in [1.54, 1.807) is 7.11 Å². The van der Waals surface area contributed by atoms with Crippen LogP contribution in [0.1, 0.15) is 29.7 Å². The van der Waals surface area contributed by atoms with E-state index in [1.807, 2.05) is 12.1 Å². The van der Waals surface area contributed by atoms with Crippen molar-refractivity contribution in [2.75, 3.05) is 33.4 Å².